The minimum Gasteiger partial charge on any atom is -0.320 e. The van der Waals surface area contributed by atoms with Gasteiger partial charge in [0.05, 0.1) is 6.54 Å². The fourth-order valence-corrected chi connectivity index (χ4v) is 1.62. The first kappa shape index (κ1) is 12.6. The molecule has 0 aliphatic carbocycles. The maximum Gasteiger partial charge on any atom is 0.263 e. The number of aryl methyl sites for hydroxylation is 1. The number of nitrogens with zero attached hydrogens (tertiary/aromatic N) is 3. The van der Waals surface area contributed by atoms with Crippen molar-refractivity contribution in [3.05, 3.63) is 47.5 Å². The second-order valence-electron chi connectivity index (χ2n) is 4.01. The Hall–Kier alpha value is -1.82. The van der Waals surface area contributed by atoms with Gasteiger partial charge in [0.1, 0.15) is 12.2 Å². The molecule has 0 aliphatic heterocycles. The Balaban J connectivity index is 1.90. The van der Waals surface area contributed by atoms with E-state index < -0.39 is 6.43 Å². The number of hydrogen-bond acceptors (Lipinski definition) is 3. The van der Waals surface area contributed by atoms with Crippen molar-refractivity contribution in [1.29, 1.82) is 0 Å². The lowest BCUT2D eigenvalue weighted by molar-refractivity contribution is 0.151. The van der Waals surface area contributed by atoms with Crippen LogP contribution in [0.25, 0.3) is 0 Å². The van der Waals surface area contributed by atoms with Crippen molar-refractivity contribution in [1.82, 2.24) is 20.1 Å². The quantitative estimate of drug-likeness (QED) is 0.885. The van der Waals surface area contributed by atoms with Gasteiger partial charge in [0.15, 0.2) is 0 Å². The molecule has 0 amide bonds. The van der Waals surface area contributed by atoms with Crippen molar-refractivity contribution >= 4 is 0 Å². The van der Waals surface area contributed by atoms with Gasteiger partial charge in [-0.05, 0) is 11.6 Å². The van der Waals surface area contributed by atoms with Crippen LogP contribution in [0.15, 0.2) is 30.6 Å². The maximum absolute atomic E-state index is 12.5. The molecule has 0 fully saturated rings. The van der Waals surface area contributed by atoms with Gasteiger partial charge in [0.2, 0.25) is 0 Å². The van der Waals surface area contributed by atoms with E-state index in [0.29, 0.717) is 13.1 Å². The summed E-state index contributed by atoms with van der Waals surface area (Å²) in [5, 5.41) is 10.8. The summed E-state index contributed by atoms with van der Waals surface area (Å²) in [5.41, 5.74) is 0.878. The second-order valence-corrected chi connectivity index (χ2v) is 4.01. The Morgan fingerprint density at radius 1 is 1.33 bits per heavy atom. The molecular weight excluding hydrogens is 238 g/mol. The van der Waals surface area contributed by atoms with Crippen molar-refractivity contribution in [2.24, 2.45) is 7.05 Å². The largest absolute Gasteiger partial charge is 0.320 e. The van der Waals surface area contributed by atoms with Crippen LogP contribution >= 0.6 is 0 Å². The van der Waals surface area contributed by atoms with E-state index in [1.54, 1.807) is 12.4 Å². The molecule has 0 saturated heterocycles. The van der Waals surface area contributed by atoms with Gasteiger partial charge in [0.25, 0.3) is 6.43 Å². The zero-order valence-electron chi connectivity index (χ0n) is 9.98. The molecule has 18 heavy (non-hydrogen) atoms. The topological polar surface area (TPSA) is 42.7 Å². The van der Waals surface area contributed by atoms with Crippen LogP contribution in [0.2, 0.25) is 0 Å². The standard InChI is InChI=1S/C12H14F2N4/c1-18-8-16-17-11(18)7-15-6-9-3-2-4-10(5-9)12(13)14/h2-5,8,12,15H,6-7H2,1H3. The lowest BCUT2D eigenvalue weighted by Gasteiger charge is -2.06. The molecule has 1 aromatic carbocycles. The summed E-state index contributed by atoms with van der Waals surface area (Å²) < 4.78 is 26.8. The highest BCUT2D eigenvalue weighted by molar-refractivity contribution is 5.24. The number of alkyl halides is 2. The van der Waals surface area contributed by atoms with Crippen molar-refractivity contribution in [2.45, 2.75) is 19.5 Å². The summed E-state index contributed by atoms with van der Waals surface area (Å²) in [6.07, 6.45) is -0.808. The highest BCUT2D eigenvalue weighted by atomic mass is 19.3. The van der Waals surface area contributed by atoms with Crippen LogP contribution < -0.4 is 5.32 Å². The molecular formula is C12H14F2N4. The van der Waals surface area contributed by atoms with Gasteiger partial charge in [-0.15, -0.1) is 10.2 Å². The predicted octanol–water partition coefficient (Wildman–Crippen LogP) is 2.04. The number of rotatable bonds is 5. The van der Waals surface area contributed by atoms with E-state index in [1.165, 1.54) is 12.1 Å². The van der Waals surface area contributed by atoms with Gasteiger partial charge in [-0.3, -0.25) is 0 Å². The number of nitrogens with one attached hydrogen (secondary N) is 1. The predicted molar refractivity (Wildman–Crippen MR) is 62.9 cm³/mol. The van der Waals surface area contributed by atoms with Crippen LogP contribution in [-0.2, 0) is 20.1 Å². The van der Waals surface area contributed by atoms with E-state index in [0.717, 1.165) is 11.4 Å². The summed E-state index contributed by atoms with van der Waals surface area (Å²) in [7, 11) is 1.86. The number of hydrogen-bond donors (Lipinski definition) is 1. The molecule has 0 saturated carbocycles. The molecule has 2 aromatic rings. The van der Waals surface area contributed by atoms with Crippen LogP contribution in [0.1, 0.15) is 23.4 Å². The van der Waals surface area contributed by atoms with Crippen LogP contribution in [0.5, 0.6) is 0 Å². The normalized spacial score (nSPS) is 11.1. The van der Waals surface area contributed by atoms with E-state index in [-0.39, 0.29) is 5.56 Å². The molecule has 96 valence electrons. The van der Waals surface area contributed by atoms with Gasteiger partial charge in [-0.25, -0.2) is 8.78 Å². The summed E-state index contributed by atoms with van der Waals surface area (Å²) >= 11 is 0. The summed E-state index contributed by atoms with van der Waals surface area (Å²) in [5.74, 6) is 0.806. The van der Waals surface area contributed by atoms with Crippen molar-refractivity contribution < 1.29 is 8.78 Å². The minimum atomic E-state index is -2.43. The first-order valence-corrected chi connectivity index (χ1v) is 5.57. The lowest BCUT2D eigenvalue weighted by Crippen LogP contribution is -2.15. The van der Waals surface area contributed by atoms with Gasteiger partial charge >= 0.3 is 0 Å². The third-order valence-electron chi connectivity index (χ3n) is 2.62. The molecule has 1 N–H and O–H groups in total. The van der Waals surface area contributed by atoms with Crippen LogP contribution in [0.3, 0.4) is 0 Å². The Labute approximate surface area is 104 Å². The Morgan fingerprint density at radius 2 is 2.17 bits per heavy atom. The van der Waals surface area contributed by atoms with E-state index in [9.17, 15) is 8.78 Å². The molecule has 0 unspecified atom stereocenters. The smallest absolute Gasteiger partial charge is 0.263 e. The molecule has 6 heteroatoms. The maximum atomic E-state index is 12.5. The van der Waals surface area contributed by atoms with Gasteiger partial charge in [-0.2, -0.15) is 0 Å². The molecule has 0 aliphatic rings. The van der Waals surface area contributed by atoms with Gasteiger partial charge in [-0.1, -0.05) is 18.2 Å². The van der Waals surface area contributed by atoms with Gasteiger partial charge in [0, 0.05) is 19.2 Å². The summed E-state index contributed by atoms with van der Waals surface area (Å²) in [6, 6.07) is 6.39. The first-order chi connectivity index (χ1) is 8.66. The Morgan fingerprint density at radius 3 is 2.83 bits per heavy atom. The zero-order chi connectivity index (χ0) is 13.0. The lowest BCUT2D eigenvalue weighted by atomic mass is 10.1. The highest BCUT2D eigenvalue weighted by Crippen LogP contribution is 2.19. The summed E-state index contributed by atoms with van der Waals surface area (Å²) in [6.45, 7) is 1.07. The molecule has 2 rings (SSSR count). The van der Waals surface area contributed by atoms with Gasteiger partial charge < -0.3 is 9.88 Å². The Kier molecular flexibility index (Phi) is 3.99. The van der Waals surface area contributed by atoms with E-state index >= 15 is 0 Å². The second kappa shape index (κ2) is 5.68. The van der Waals surface area contributed by atoms with E-state index in [2.05, 4.69) is 15.5 Å². The molecule has 4 nitrogen and oxygen atoms in total. The van der Waals surface area contributed by atoms with Crippen molar-refractivity contribution in [2.75, 3.05) is 0 Å². The zero-order valence-corrected chi connectivity index (χ0v) is 9.98. The number of benzene rings is 1. The molecule has 0 spiro atoms. The van der Waals surface area contributed by atoms with Crippen LogP contribution in [0, 0.1) is 0 Å². The third kappa shape index (κ3) is 3.10. The van der Waals surface area contributed by atoms with E-state index in [4.69, 9.17) is 0 Å². The average Bonchev–Trinajstić information content (AvgIpc) is 2.76. The SMILES string of the molecule is Cn1cnnc1CNCc1cccc(C(F)F)c1. The number of aromatic nitrogens is 3. The highest BCUT2D eigenvalue weighted by Gasteiger charge is 2.07. The molecule has 1 heterocycles. The van der Waals surface area contributed by atoms with E-state index in [1.807, 2.05) is 17.7 Å². The number of halogens is 2. The van der Waals surface area contributed by atoms with Crippen LogP contribution in [-0.4, -0.2) is 14.8 Å². The average molecular weight is 252 g/mol. The Bertz CT molecular complexity index is 510. The minimum absolute atomic E-state index is 0.0490. The molecule has 1 aromatic heterocycles. The monoisotopic (exact) mass is 252 g/mol. The molecule has 0 bridgehead atoms. The van der Waals surface area contributed by atoms with Crippen LogP contribution in [0.4, 0.5) is 8.78 Å². The molecule has 0 radical (unpaired) electrons. The fourth-order valence-electron chi connectivity index (χ4n) is 1.62. The van der Waals surface area contributed by atoms with Crippen molar-refractivity contribution in [3.63, 3.8) is 0 Å². The first-order valence-electron chi connectivity index (χ1n) is 5.57. The third-order valence-corrected chi connectivity index (χ3v) is 2.62. The fraction of sp³-hybridized carbons (Fsp3) is 0.333. The molecule has 0 atom stereocenters. The summed E-state index contributed by atoms with van der Waals surface area (Å²) in [4.78, 5) is 0. The van der Waals surface area contributed by atoms with Crippen molar-refractivity contribution in [3.8, 4) is 0 Å².